The molecule has 1 fully saturated rings. The first-order valence-electron chi connectivity index (χ1n) is 8.84. The van der Waals surface area contributed by atoms with E-state index in [1.54, 1.807) is 14.2 Å². The number of hydrogen-bond acceptors (Lipinski definition) is 4. The van der Waals surface area contributed by atoms with Crippen LogP contribution in [0.15, 0.2) is 36.4 Å². The van der Waals surface area contributed by atoms with Gasteiger partial charge in [-0.15, -0.1) is 0 Å². The van der Waals surface area contributed by atoms with Crippen molar-refractivity contribution in [2.45, 2.75) is 25.7 Å². The van der Waals surface area contributed by atoms with Crippen molar-refractivity contribution in [1.29, 1.82) is 0 Å². The summed E-state index contributed by atoms with van der Waals surface area (Å²) in [4.78, 5) is 26.8. The van der Waals surface area contributed by atoms with Gasteiger partial charge in [-0.05, 0) is 35.4 Å². The summed E-state index contributed by atoms with van der Waals surface area (Å²) in [5, 5.41) is 0. The Morgan fingerprint density at radius 1 is 0.731 bits per heavy atom. The molecule has 3 aliphatic rings. The molecule has 26 heavy (non-hydrogen) atoms. The summed E-state index contributed by atoms with van der Waals surface area (Å²) in [6.45, 7) is 4.04. The van der Waals surface area contributed by atoms with Crippen molar-refractivity contribution < 1.29 is 19.1 Å². The SMILES string of the molecule is COc1ccc2c(c1)C(=O)C1(C)C2C2(C)C(=O)c3cc(OC)ccc3C12. The van der Waals surface area contributed by atoms with Crippen LogP contribution < -0.4 is 9.47 Å². The zero-order chi connectivity index (χ0) is 18.4. The fourth-order valence-electron chi connectivity index (χ4n) is 6.10. The molecule has 132 valence electrons. The number of rotatable bonds is 2. The zero-order valence-electron chi connectivity index (χ0n) is 15.3. The highest BCUT2D eigenvalue weighted by molar-refractivity contribution is 6.16. The van der Waals surface area contributed by atoms with Gasteiger partial charge in [0.2, 0.25) is 0 Å². The first kappa shape index (κ1) is 15.6. The van der Waals surface area contributed by atoms with Gasteiger partial charge in [-0.3, -0.25) is 9.59 Å². The molecule has 0 atom stereocenters. The van der Waals surface area contributed by atoms with Crippen molar-refractivity contribution in [3.8, 4) is 11.5 Å². The lowest BCUT2D eigenvalue weighted by atomic mass is 9.40. The predicted octanol–water partition coefficient (Wildman–Crippen LogP) is 3.99. The standard InChI is InChI=1S/C22H20O4/c1-21-17(13-7-5-11(25-3)9-15(13)19(21)23)22(2)18(21)14-8-6-12(26-4)10-16(14)20(22)24/h5-10,17-18H,1-4H3. The Kier molecular flexibility index (Phi) is 2.74. The maximum Gasteiger partial charge on any atom is 0.170 e. The van der Waals surface area contributed by atoms with E-state index in [4.69, 9.17) is 9.47 Å². The summed E-state index contributed by atoms with van der Waals surface area (Å²) in [7, 11) is 3.20. The fraction of sp³-hybridized carbons (Fsp3) is 0.364. The summed E-state index contributed by atoms with van der Waals surface area (Å²) in [6.07, 6.45) is 0. The Morgan fingerprint density at radius 3 is 1.46 bits per heavy atom. The van der Waals surface area contributed by atoms with Crippen molar-refractivity contribution >= 4 is 11.6 Å². The number of methoxy groups -OCH3 is 2. The van der Waals surface area contributed by atoms with E-state index >= 15 is 0 Å². The van der Waals surface area contributed by atoms with E-state index in [2.05, 4.69) is 0 Å². The van der Waals surface area contributed by atoms with Crippen LogP contribution in [0.5, 0.6) is 11.5 Å². The van der Waals surface area contributed by atoms with Crippen LogP contribution in [0.25, 0.3) is 0 Å². The average Bonchev–Trinajstić information content (AvgIpc) is 2.97. The lowest BCUT2D eigenvalue weighted by Crippen LogP contribution is -2.59. The Hall–Kier alpha value is -2.62. The van der Waals surface area contributed by atoms with Crippen LogP contribution in [0.4, 0.5) is 0 Å². The molecule has 0 saturated heterocycles. The molecule has 4 nitrogen and oxygen atoms in total. The predicted molar refractivity (Wildman–Crippen MR) is 96.3 cm³/mol. The van der Waals surface area contributed by atoms with Crippen molar-refractivity contribution in [3.63, 3.8) is 0 Å². The highest BCUT2D eigenvalue weighted by atomic mass is 16.5. The lowest BCUT2D eigenvalue weighted by molar-refractivity contribution is -0.0271. The maximum absolute atomic E-state index is 13.4. The molecule has 0 N–H and O–H groups in total. The first-order chi connectivity index (χ1) is 12.4. The molecule has 0 amide bonds. The highest BCUT2D eigenvalue weighted by Gasteiger charge is 2.78. The van der Waals surface area contributed by atoms with Crippen LogP contribution in [0.1, 0.15) is 57.5 Å². The average molecular weight is 348 g/mol. The third-order valence-electron chi connectivity index (χ3n) is 7.01. The van der Waals surface area contributed by atoms with Gasteiger partial charge >= 0.3 is 0 Å². The van der Waals surface area contributed by atoms with Gasteiger partial charge in [-0.25, -0.2) is 0 Å². The molecule has 1 saturated carbocycles. The molecular weight excluding hydrogens is 328 g/mol. The number of benzene rings is 2. The van der Waals surface area contributed by atoms with Gasteiger partial charge in [-0.2, -0.15) is 0 Å². The second-order valence-corrected chi connectivity index (χ2v) is 8.00. The molecule has 2 aromatic rings. The monoisotopic (exact) mass is 348 g/mol. The molecular formula is C22H20O4. The largest absolute Gasteiger partial charge is 0.497 e. The fourth-order valence-corrected chi connectivity index (χ4v) is 6.10. The Labute approximate surface area is 152 Å². The van der Waals surface area contributed by atoms with Crippen LogP contribution in [-0.2, 0) is 0 Å². The van der Waals surface area contributed by atoms with Gasteiger partial charge in [0.1, 0.15) is 11.5 Å². The van der Waals surface area contributed by atoms with Gasteiger partial charge in [0.25, 0.3) is 0 Å². The van der Waals surface area contributed by atoms with E-state index < -0.39 is 10.8 Å². The third kappa shape index (κ3) is 1.41. The van der Waals surface area contributed by atoms with Crippen LogP contribution in [0, 0.1) is 10.8 Å². The van der Waals surface area contributed by atoms with Crippen molar-refractivity contribution in [2.24, 2.45) is 10.8 Å². The van der Waals surface area contributed by atoms with Gasteiger partial charge in [0.15, 0.2) is 11.6 Å². The van der Waals surface area contributed by atoms with E-state index in [1.165, 1.54) is 0 Å². The van der Waals surface area contributed by atoms with E-state index in [0.29, 0.717) is 22.6 Å². The number of ether oxygens (including phenoxy) is 2. The Bertz CT molecular complexity index is 914. The van der Waals surface area contributed by atoms with E-state index in [9.17, 15) is 9.59 Å². The van der Waals surface area contributed by atoms with Crippen LogP contribution in [0.2, 0.25) is 0 Å². The van der Waals surface area contributed by atoms with Gasteiger partial charge in [-0.1, -0.05) is 26.0 Å². The van der Waals surface area contributed by atoms with Crippen LogP contribution in [-0.4, -0.2) is 25.8 Å². The highest BCUT2D eigenvalue weighted by Crippen LogP contribution is 2.79. The number of Topliss-reactive ketones (excluding diaryl/α,β-unsaturated/α-hetero) is 2. The van der Waals surface area contributed by atoms with Crippen molar-refractivity contribution in [1.82, 2.24) is 0 Å². The first-order valence-corrected chi connectivity index (χ1v) is 8.84. The molecule has 4 heteroatoms. The second-order valence-electron chi connectivity index (χ2n) is 8.00. The molecule has 2 aromatic carbocycles. The molecule has 0 spiro atoms. The summed E-state index contributed by atoms with van der Waals surface area (Å²) in [5.41, 5.74) is 2.19. The summed E-state index contributed by atoms with van der Waals surface area (Å²) in [5.74, 6) is 1.40. The summed E-state index contributed by atoms with van der Waals surface area (Å²) >= 11 is 0. The minimum absolute atomic E-state index is 0.0979. The molecule has 3 aliphatic carbocycles. The Morgan fingerprint density at radius 2 is 1.12 bits per heavy atom. The number of fused-ring (bicyclic) bond motifs is 8. The molecule has 0 aromatic heterocycles. The minimum atomic E-state index is -0.584. The number of hydrogen-bond donors (Lipinski definition) is 0. The van der Waals surface area contributed by atoms with Crippen LogP contribution in [0.3, 0.4) is 0 Å². The molecule has 0 bridgehead atoms. The zero-order valence-corrected chi connectivity index (χ0v) is 15.3. The molecule has 0 heterocycles. The number of ketones is 2. The van der Waals surface area contributed by atoms with Crippen molar-refractivity contribution in [3.05, 3.63) is 58.7 Å². The van der Waals surface area contributed by atoms with E-state index in [-0.39, 0.29) is 23.4 Å². The van der Waals surface area contributed by atoms with E-state index in [0.717, 1.165) is 11.1 Å². The summed E-state index contributed by atoms with van der Waals surface area (Å²) < 4.78 is 10.6. The molecule has 0 radical (unpaired) electrons. The topological polar surface area (TPSA) is 52.6 Å². The lowest BCUT2D eigenvalue weighted by Gasteiger charge is -2.59. The quantitative estimate of drug-likeness (QED) is 0.823. The number of carbonyl (C=O) groups is 2. The van der Waals surface area contributed by atoms with Gasteiger partial charge in [0, 0.05) is 33.8 Å². The minimum Gasteiger partial charge on any atom is -0.497 e. The summed E-state index contributed by atoms with van der Waals surface area (Å²) in [6, 6.07) is 11.3. The molecule has 5 rings (SSSR count). The van der Waals surface area contributed by atoms with Gasteiger partial charge < -0.3 is 9.47 Å². The number of carbonyl (C=O) groups excluding carboxylic acids is 2. The van der Waals surface area contributed by atoms with E-state index in [1.807, 2.05) is 50.2 Å². The third-order valence-corrected chi connectivity index (χ3v) is 7.01. The second kappa shape index (κ2) is 4.56. The van der Waals surface area contributed by atoms with Crippen LogP contribution >= 0.6 is 0 Å². The smallest absolute Gasteiger partial charge is 0.170 e. The Balaban J connectivity index is 1.72. The molecule has 0 aliphatic heterocycles. The van der Waals surface area contributed by atoms with Crippen molar-refractivity contribution in [2.75, 3.05) is 14.2 Å². The maximum atomic E-state index is 13.4. The molecule has 0 unspecified atom stereocenters. The normalized spacial score (nSPS) is 33.1. The van der Waals surface area contributed by atoms with Gasteiger partial charge in [0.05, 0.1) is 14.2 Å².